The zero-order valence-corrected chi connectivity index (χ0v) is 15.2. The standard InChI is InChI=1S/C14H15NO5S3/c1-4-19-11-7-9(5-6-10(11)20-23(3,17)18)8-12-13(16)15(2)14(21)22-12/h5-8H,4H2,1-3H3. The highest BCUT2D eigenvalue weighted by atomic mass is 32.2. The van der Waals surface area contributed by atoms with Crippen LogP contribution >= 0.6 is 24.0 Å². The van der Waals surface area contributed by atoms with Crippen molar-refractivity contribution in [3.8, 4) is 11.5 Å². The minimum atomic E-state index is -3.65. The fraction of sp³-hybridized carbons (Fsp3) is 0.286. The van der Waals surface area contributed by atoms with E-state index in [0.29, 0.717) is 27.1 Å². The number of likely N-dealkylation sites (N-methyl/N-ethyl adjacent to an activating group) is 1. The molecule has 0 radical (unpaired) electrons. The Bertz CT molecular complexity index is 786. The number of thiocarbonyl (C=S) groups is 1. The maximum Gasteiger partial charge on any atom is 0.306 e. The van der Waals surface area contributed by atoms with Gasteiger partial charge in [0, 0.05) is 7.05 Å². The van der Waals surface area contributed by atoms with E-state index in [-0.39, 0.29) is 11.7 Å². The zero-order chi connectivity index (χ0) is 17.2. The topological polar surface area (TPSA) is 72.9 Å². The van der Waals surface area contributed by atoms with Gasteiger partial charge in [0.05, 0.1) is 17.8 Å². The van der Waals surface area contributed by atoms with Crippen LogP contribution in [0.5, 0.6) is 11.5 Å². The highest BCUT2D eigenvalue weighted by Crippen LogP contribution is 2.34. The quantitative estimate of drug-likeness (QED) is 0.445. The van der Waals surface area contributed by atoms with Crippen LogP contribution in [0.1, 0.15) is 12.5 Å². The average Bonchev–Trinajstić information content (AvgIpc) is 2.68. The molecule has 2 rings (SSSR count). The molecule has 1 aromatic carbocycles. The van der Waals surface area contributed by atoms with Gasteiger partial charge in [-0.3, -0.25) is 9.69 Å². The van der Waals surface area contributed by atoms with Gasteiger partial charge in [-0.2, -0.15) is 8.42 Å². The molecule has 6 nitrogen and oxygen atoms in total. The molecule has 1 aliphatic rings. The maximum atomic E-state index is 12.0. The number of thioether (sulfide) groups is 1. The molecule has 1 fully saturated rings. The van der Waals surface area contributed by atoms with Crippen LogP contribution in [-0.2, 0) is 14.9 Å². The third kappa shape index (κ3) is 4.46. The van der Waals surface area contributed by atoms with Gasteiger partial charge in [0.2, 0.25) is 0 Å². The van der Waals surface area contributed by atoms with E-state index in [2.05, 4.69) is 0 Å². The van der Waals surface area contributed by atoms with E-state index >= 15 is 0 Å². The molecule has 0 spiro atoms. The lowest BCUT2D eigenvalue weighted by Gasteiger charge is -2.11. The molecule has 9 heteroatoms. The normalized spacial score (nSPS) is 17.0. The number of amides is 1. The first-order chi connectivity index (χ1) is 10.7. The van der Waals surface area contributed by atoms with Crippen molar-refractivity contribution in [3.05, 3.63) is 28.7 Å². The van der Waals surface area contributed by atoms with Crippen molar-refractivity contribution in [1.29, 1.82) is 0 Å². The van der Waals surface area contributed by atoms with E-state index in [0.717, 1.165) is 6.26 Å². The van der Waals surface area contributed by atoms with Crippen molar-refractivity contribution in [3.63, 3.8) is 0 Å². The summed E-state index contributed by atoms with van der Waals surface area (Å²) >= 11 is 6.29. The Balaban J connectivity index is 2.36. The summed E-state index contributed by atoms with van der Waals surface area (Å²) in [7, 11) is -2.04. The molecule has 0 aromatic heterocycles. The molecular weight excluding hydrogens is 358 g/mol. The predicted octanol–water partition coefficient (Wildman–Crippen LogP) is 2.25. The Morgan fingerprint density at radius 3 is 2.57 bits per heavy atom. The van der Waals surface area contributed by atoms with E-state index < -0.39 is 10.1 Å². The van der Waals surface area contributed by atoms with Crippen molar-refractivity contribution >= 4 is 50.4 Å². The van der Waals surface area contributed by atoms with Gasteiger partial charge in [-0.15, -0.1) is 0 Å². The first-order valence-electron chi connectivity index (χ1n) is 6.59. The highest BCUT2D eigenvalue weighted by Gasteiger charge is 2.28. The third-order valence-electron chi connectivity index (χ3n) is 2.79. The van der Waals surface area contributed by atoms with Crippen LogP contribution in [0.4, 0.5) is 0 Å². The summed E-state index contributed by atoms with van der Waals surface area (Å²) in [6, 6.07) is 4.75. The van der Waals surface area contributed by atoms with Gasteiger partial charge >= 0.3 is 10.1 Å². The third-order valence-corrected chi connectivity index (χ3v) is 4.76. The maximum absolute atomic E-state index is 12.0. The molecule has 0 unspecified atom stereocenters. The zero-order valence-electron chi connectivity index (χ0n) is 12.7. The second-order valence-corrected chi connectivity index (χ2v) is 7.92. The van der Waals surface area contributed by atoms with Crippen LogP contribution in [0.25, 0.3) is 6.08 Å². The van der Waals surface area contributed by atoms with Gasteiger partial charge in [0.25, 0.3) is 5.91 Å². The summed E-state index contributed by atoms with van der Waals surface area (Å²) in [5.74, 6) is 0.225. The average molecular weight is 373 g/mol. The lowest BCUT2D eigenvalue weighted by atomic mass is 10.2. The fourth-order valence-corrected chi connectivity index (χ4v) is 3.45. The lowest BCUT2D eigenvalue weighted by Crippen LogP contribution is -2.22. The van der Waals surface area contributed by atoms with Crippen molar-refractivity contribution in [2.75, 3.05) is 19.9 Å². The van der Waals surface area contributed by atoms with Crippen molar-refractivity contribution in [2.24, 2.45) is 0 Å². The van der Waals surface area contributed by atoms with Crippen LogP contribution < -0.4 is 8.92 Å². The smallest absolute Gasteiger partial charge is 0.306 e. The monoisotopic (exact) mass is 373 g/mol. The van der Waals surface area contributed by atoms with Crippen molar-refractivity contribution in [1.82, 2.24) is 4.90 Å². The lowest BCUT2D eigenvalue weighted by molar-refractivity contribution is -0.121. The minimum absolute atomic E-state index is 0.106. The first-order valence-corrected chi connectivity index (χ1v) is 9.63. The van der Waals surface area contributed by atoms with Crippen LogP contribution in [0, 0.1) is 0 Å². The Labute approximate surface area is 144 Å². The van der Waals surface area contributed by atoms with Crippen LogP contribution in [0.3, 0.4) is 0 Å². The summed E-state index contributed by atoms with van der Waals surface area (Å²) in [5.41, 5.74) is 0.684. The molecule has 0 aliphatic carbocycles. The predicted molar refractivity (Wildman–Crippen MR) is 94.0 cm³/mol. The van der Waals surface area contributed by atoms with Gasteiger partial charge in [-0.05, 0) is 30.7 Å². The molecule has 124 valence electrons. The Kier molecular flexibility index (Phi) is 5.33. The largest absolute Gasteiger partial charge is 0.490 e. The molecule has 0 N–H and O–H groups in total. The molecular formula is C14H15NO5S3. The summed E-state index contributed by atoms with van der Waals surface area (Å²) < 4.78 is 33.3. The van der Waals surface area contributed by atoms with Crippen LogP contribution in [0.15, 0.2) is 23.1 Å². The molecule has 1 amide bonds. The molecule has 0 atom stereocenters. The number of hydrogen-bond donors (Lipinski definition) is 0. The molecule has 23 heavy (non-hydrogen) atoms. The number of nitrogens with zero attached hydrogens (tertiary/aromatic N) is 1. The fourth-order valence-electron chi connectivity index (χ4n) is 1.81. The van der Waals surface area contributed by atoms with Crippen molar-refractivity contribution in [2.45, 2.75) is 6.92 Å². The van der Waals surface area contributed by atoms with Crippen LogP contribution in [0.2, 0.25) is 0 Å². The Morgan fingerprint density at radius 1 is 1.35 bits per heavy atom. The molecule has 0 bridgehead atoms. The van der Waals surface area contributed by atoms with E-state index in [9.17, 15) is 13.2 Å². The molecule has 1 heterocycles. The second-order valence-electron chi connectivity index (χ2n) is 4.67. The number of hydrogen-bond acceptors (Lipinski definition) is 7. The number of ether oxygens (including phenoxy) is 1. The SMILES string of the molecule is CCOc1cc(C=C2SC(=S)N(C)C2=O)ccc1OS(C)(=O)=O. The Morgan fingerprint density at radius 2 is 2.04 bits per heavy atom. The van der Waals surface area contributed by atoms with Crippen LogP contribution in [-0.4, -0.2) is 43.5 Å². The van der Waals surface area contributed by atoms with Gasteiger partial charge in [0.15, 0.2) is 11.5 Å². The molecule has 0 saturated carbocycles. The summed E-state index contributed by atoms with van der Waals surface area (Å²) in [4.78, 5) is 13.9. The first kappa shape index (κ1) is 17.8. The highest BCUT2D eigenvalue weighted by molar-refractivity contribution is 8.26. The van der Waals surface area contributed by atoms with Crippen molar-refractivity contribution < 1.29 is 22.1 Å². The van der Waals surface area contributed by atoms with Gasteiger partial charge in [-0.1, -0.05) is 30.0 Å². The van der Waals surface area contributed by atoms with E-state index in [1.54, 1.807) is 32.2 Å². The van der Waals surface area contributed by atoms with Gasteiger partial charge < -0.3 is 8.92 Å². The molecule has 1 aliphatic heterocycles. The van der Waals surface area contributed by atoms with E-state index in [1.807, 2.05) is 0 Å². The van der Waals surface area contributed by atoms with Gasteiger partial charge in [0.1, 0.15) is 4.32 Å². The summed E-state index contributed by atoms with van der Waals surface area (Å²) in [5, 5.41) is 0. The molecule has 1 saturated heterocycles. The number of carbonyl (C=O) groups is 1. The number of rotatable bonds is 5. The summed E-state index contributed by atoms with van der Waals surface area (Å²) in [6.45, 7) is 2.12. The van der Waals surface area contributed by atoms with Gasteiger partial charge in [-0.25, -0.2) is 0 Å². The number of benzene rings is 1. The minimum Gasteiger partial charge on any atom is -0.490 e. The van der Waals surface area contributed by atoms with E-state index in [1.165, 1.54) is 22.7 Å². The summed E-state index contributed by atoms with van der Waals surface area (Å²) in [6.07, 6.45) is 2.64. The Hall–Kier alpha value is -1.58. The second kappa shape index (κ2) is 6.90. The van der Waals surface area contributed by atoms with E-state index in [4.69, 9.17) is 21.1 Å². The molecule has 1 aromatic rings. The number of carbonyl (C=O) groups excluding carboxylic acids is 1.